The van der Waals surface area contributed by atoms with Crippen LogP contribution in [0.2, 0.25) is 0 Å². The van der Waals surface area contributed by atoms with Crippen molar-refractivity contribution in [3.63, 3.8) is 0 Å². The summed E-state index contributed by atoms with van der Waals surface area (Å²) in [6, 6.07) is 7.29. The van der Waals surface area contributed by atoms with E-state index in [0.29, 0.717) is 5.75 Å². The van der Waals surface area contributed by atoms with Gasteiger partial charge in [0, 0.05) is 0 Å². The summed E-state index contributed by atoms with van der Waals surface area (Å²) in [4.78, 5) is 36.8. The number of para-hydroxylation sites is 1. The highest BCUT2D eigenvalue weighted by atomic mass is 16.5. The average molecular weight is 328 g/mol. The molecule has 2 bridgehead atoms. The number of benzene rings is 1. The molecule has 3 amide bonds. The third kappa shape index (κ3) is 2.20. The van der Waals surface area contributed by atoms with Crippen LogP contribution in [0, 0.1) is 18.8 Å². The maximum atomic E-state index is 12.4. The van der Waals surface area contributed by atoms with Crippen molar-refractivity contribution in [1.82, 2.24) is 10.4 Å². The van der Waals surface area contributed by atoms with Crippen LogP contribution in [0.4, 0.5) is 0 Å². The molecule has 4 atom stereocenters. The molecule has 0 unspecified atom stereocenters. The predicted octanol–water partition coefficient (Wildman–Crippen LogP) is 0.343. The third-order valence-electron chi connectivity index (χ3n) is 4.60. The number of nitrogens with zero attached hydrogens (tertiary/aromatic N) is 1. The first kappa shape index (κ1) is 14.9. The fourth-order valence-electron chi connectivity index (χ4n) is 3.43. The monoisotopic (exact) mass is 328 g/mol. The highest BCUT2D eigenvalue weighted by Gasteiger charge is 2.61. The van der Waals surface area contributed by atoms with Gasteiger partial charge >= 0.3 is 0 Å². The molecule has 3 heterocycles. The van der Waals surface area contributed by atoms with Gasteiger partial charge in [0.1, 0.15) is 5.75 Å². The number of hydrogen-bond donors (Lipinski definition) is 1. The van der Waals surface area contributed by atoms with Crippen molar-refractivity contribution in [2.24, 2.45) is 11.8 Å². The van der Waals surface area contributed by atoms with Crippen molar-refractivity contribution in [1.29, 1.82) is 0 Å². The van der Waals surface area contributed by atoms with Crippen molar-refractivity contribution >= 4 is 17.7 Å². The topological polar surface area (TPSA) is 84.9 Å². The first-order valence-electron chi connectivity index (χ1n) is 7.76. The van der Waals surface area contributed by atoms with Gasteiger partial charge in [-0.05, 0) is 18.6 Å². The number of rotatable bonds is 4. The van der Waals surface area contributed by atoms with Crippen LogP contribution in [0.15, 0.2) is 36.4 Å². The van der Waals surface area contributed by atoms with Crippen LogP contribution in [0.1, 0.15) is 5.56 Å². The Kier molecular flexibility index (Phi) is 3.38. The quantitative estimate of drug-likeness (QED) is 0.636. The zero-order valence-electron chi connectivity index (χ0n) is 13.0. The second-order valence-electron chi connectivity index (χ2n) is 6.10. The lowest BCUT2D eigenvalue weighted by molar-refractivity contribution is -0.151. The van der Waals surface area contributed by atoms with E-state index in [-0.39, 0.29) is 18.8 Å². The summed E-state index contributed by atoms with van der Waals surface area (Å²) >= 11 is 0. The van der Waals surface area contributed by atoms with Crippen molar-refractivity contribution in [2.45, 2.75) is 19.1 Å². The normalized spacial score (nSPS) is 30.0. The summed E-state index contributed by atoms with van der Waals surface area (Å²) in [6.45, 7) is 1.59. The number of hydrazine groups is 1. The molecule has 0 radical (unpaired) electrons. The average Bonchev–Trinajstić information content (AvgIpc) is 3.24. The Morgan fingerprint density at radius 3 is 2.42 bits per heavy atom. The van der Waals surface area contributed by atoms with E-state index in [2.05, 4.69) is 5.43 Å². The first-order chi connectivity index (χ1) is 11.6. The van der Waals surface area contributed by atoms with E-state index < -0.39 is 29.6 Å². The molecule has 3 aliphatic heterocycles. The Bertz CT molecular complexity index is 729. The smallest absolute Gasteiger partial charge is 0.276 e. The molecule has 124 valence electrons. The van der Waals surface area contributed by atoms with Gasteiger partial charge in [-0.2, -0.15) is 5.01 Å². The molecule has 0 aromatic heterocycles. The van der Waals surface area contributed by atoms with E-state index in [4.69, 9.17) is 9.47 Å². The number of fused-ring (bicyclic) bond motifs is 5. The lowest BCUT2D eigenvalue weighted by atomic mass is 9.85. The van der Waals surface area contributed by atoms with E-state index in [1.165, 1.54) is 0 Å². The fraction of sp³-hybridized carbons (Fsp3) is 0.353. The van der Waals surface area contributed by atoms with E-state index in [1.807, 2.05) is 19.1 Å². The Labute approximate surface area is 138 Å². The molecule has 0 spiro atoms. The Morgan fingerprint density at radius 1 is 1.17 bits per heavy atom. The molecule has 0 aliphatic carbocycles. The van der Waals surface area contributed by atoms with Gasteiger partial charge < -0.3 is 9.47 Å². The van der Waals surface area contributed by atoms with Gasteiger partial charge in [0.15, 0.2) is 6.61 Å². The number of carbonyl (C=O) groups is 3. The van der Waals surface area contributed by atoms with E-state index in [9.17, 15) is 14.4 Å². The van der Waals surface area contributed by atoms with Crippen LogP contribution in [0.3, 0.4) is 0 Å². The molecule has 7 nitrogen and oxygen atoms in total. The van der Waals surface area contributed by atoms with Gasteiger partial charge in [0.25, 0.3) is 17.7 Å². The van der Waals surface area contributed by atoms with Crippen LogP contribution in [0.25, 0.3) is 0 Å². The van der Waals surface area contributed by atoms with Crippen molar-refractivity contribution in [3.05, 3.63) is 42.0 Å². The molecule has 2 fully saturated rings. The maximum Gasteiger partial charge on any atom is 0.276 e. The molecule has 3 aliphatic rings. The summed E-state index contributed by atoms with van der Waals surface area (Å²) in [5.41, 5.74) is 3.25. The van der Waals surface area contributed by atoms with Gasteiger partial charge in [0.2, 0.25) is 0 Å². The summed E-state index contributed by atoms with van der Waals surface area (Å²) < 4.78 is 11.0. The molecular weight excluding hydrogens is 312 g/mol. The highest BCUT2D eigenvalue weighted by Crippen LogP contribution is 2.44. The number of nitrogens with one attached hydrogen (secondary N) is 1. The molecule has 24 heavy (non-hydrogen) atoms. The molecule has 1 aromatic rings. The molecule has 0 saturated carbocycles. The summed E-state index contributed by atoms with van der Waals surface area (Å²) in [5.74, 6) is -1.90. The SMILES string of the molecule is Cc1ccccc1OCC(=O)NN1C(=O)[C@@H]2[C@H](C1=O)[C@@H]1C=C[C@@H]2O1. The van der Waals surface area contributed by atoms with Crippen molar-refractivity contribution in [2.75, 3.05) is 6.61 Å². The number of carbonyl (C=O) groups excluding carboxylic acids is 3. The Balaban J connectivity index is 1.39. The van der Waals surface area contributed by atoms with Crippen LogP contribution >= 0.6 is 0 Å². The molecule has 7 heteroatoms. The van der Waals surface area contributed by atoms with Crippen LogP contribution in [-0.4, -0.2) is 41.5 Å². The van der Waals surface area contributed by atoms with Gasteiger partial charge in [-0.25, -0.2) is 0 Å². The molecule has 1 aromatic carbocycles. The standard InChI is InChI=1S/C17H16N2O5/c1-9-4-2-3-5-10(9)23-8-13(20)18-19-16(21)14-11-6-7-12(24-11)15(14)17(19)22/h2-7,11-12,14-15H,8H2,1H3,(H,18,20)/t11-,12-,14-,15+/m0/s1. The second-order valence-corrected chi connectivity index (χ2v) is 6.10. The van der Waals surface area contributed by atoms with Crippen molar-refractivity contribution in [3.8, 4) is 5.75 Å². The summed E-state index contributed by atoms with van der Waals surface area (Å²) in [5, 5.41) is 0.814. The zero-order chi connectivity index (χ0) is 16.8. The number of hydrogen-bond acceptors (Lipinski definition) is 5. The summed E-state index contributed by atoms with van der Waals surface area (Å²) in [6.07, 6.45) is 2.84. The molecule has 2 saturated heterocycles. The summed E-state index contributed by atoms with van der Waals surface area (Å²) in [7, 11) is 0. The first-order valence-corrected chi connectivity index (χ1v) is 7.76. The van der Waals surface area contributed by atoms with Gasteiger partial charge in [0.05, 0.1) is 24.0 Å². The van der Waals surface area contributed by atoms with E-state index >= 15 is 0 Å². The Hall–Kier alpha value is -2.67. The number of imide groups is 1. The van der Waals surface area contributed by atoms with Crippen LogP contribution in [0.5, 0.6) is 5.75 Å². The van der Waals surface area contributed by atoms with Crippen LogP contribution in [-0.2, 0) is 19.1 Å². The molecule has 4 rings (SSSR count). The lowest BCUT2D eigenvalue weighted by Crippen LogP contribution is -2.49. The van der Waals surface area contributed by atoms with Gasteiger partial charge in [-0.15, -0.1) is 0 Å². The Morgan fingerprint density at radius 2 is 1.79 bits per heavy atom. The van der Waals surface area contributed by atoms with Gasteiger partial charge in [-0.1, -0.05) is 30.4 Å². The highest BCUT2D eigenvalue weighted by molar-refractivity contribution is 6.07. The zero-order valence-corrected chi connectivity index (χ0v) is 13.0. The third-order valence-corrected chi connectivity index (χ3v) is 4.60. The lowest BCUT2D eigenvalue weighted by Gasteiger charge is -2.18. The van der Waals surface area contributed by atoms with Gasteiger partial charge in [-0.3, -0.25) is 19.8 Å². The van der Waals surface area contributed by atoms with Crippen LogP contribution < -0.4 is 10.2 Å². The van der Waals surface area contributed by atoms with E-state index in [0.717, 1.165) is 10.6 Å². The number of ether oxygens (including phenoxy) is 2. The molecular formula is C17H16N2O5. The largest absolute Gasteiger partial charge is 0.483 e. The van der Waals surface area contributed by atoms with Crippen molar-refractivity contribution < 1.29 is 23.9 Å². The number of aryl methyl sites for hydroxylation is 1. The minimum absolute atomic E-state index is 0.279. The second kappa shape index (κ2) is 5.45. The minimum Gasteiger partial charge on any atom is -0.483 e. The fourth-order valence-corrected chi connectivity index (χ4v) is 3.43. The maximum absolute atomic E-state index is 12.4. The predicted molar refractivity (Wildman–Crippen MR) is 81.5 cm³/mol. The van der Waals surface area contributed by atoms with E-state index in [1.54, 1.807) is 24.3 Å². The number of amides is 3. The minimum atomic E-state index is -0.554. The molecule has 1 N–H and O–H groups in total.